The van der Waals surface area contributed by atoms with Gasteiger partial charge in [-0.15, -0.1) is 24.0 Å². The largest absolute Gasteiger partial charge is 0.357 e. The Hall–Kier alpha value is -0.900. The van der Waals surface area contributed by atoms with Gasteiger partial charge in [0.05, 0.1) is 17.0 Å². The Labute approximate surface area is 168 Å². The van der Waals surface area contributed by atoms with Gasteiger partial charge in [-0.25, -0.2) is 12.8 Å². The molecule has 0 aromatic heterocycles. The molecule has 0 fully saturated rings. The molecule has 0 aliphatic rings. The van der Waals surface area contributed by atoms with E-state index >= 15 is 0 Å². The number of hydrogen-bond acceptors (Lipinski definition) is 3. The topological polar surface area (TPSA) is 61.8 Å². The van der Waals surface area contributed by atoms with Gasteiger partial charge in [0, 0.05) is 20.1 Å². The lowest BCUT2D eigenvalue weighted by Gasteiger charge is -2.23. The van der Waals surface area contributed by atoms with E-state index in [4.69, 9.17) is 0 Å². The van der Waals surface area contributed by atoms with Crippen LogP contribution in [0, 0.1) is 5.82 Å². The van der Waals surface area contributed by atoms with Crippen molar-refractivity contribution in [1.82, 2.24) is 10.2 Å². The molecule has 0 amide bonds. The molecule has 0 saturated heterocycles. The highest BCUT2D eigenvalue weighted by atomic mass is 127. The Morgan fingerprint density at radius 3 is 2.28 bits per heavy atom. The first-order valence-electron chi connectivity index (χ1n) is 8.03. The first-order valence-corrected chi connectivity index (χ1v) is 9.68. The zero-order valence-electron chi connectivity index (χ0n) is 15.5. The van der Waals surface area contributed by atoms with Crippen LogP contribution in [0.15, 0.2) is 29.3 Å². The van der Waals surface area contributed by atoms with Gasteiger partial charge in [0.25, 0.3) is 0 Å². The van der Waals surface area contributed by atoms with Gasteiger partial charge in [-0.3, -0.25) is 4.99 Å². The summed E-state index contributed by atoms with van der Waals surface area (Å²) in [5.41, 5.74) is 0.951. The summed E-state index contributed by atoms with van der Waals surface area (Å²) < 4.78 is 36.5. The van der Waals surface area contributed by atoms with Crippen LogP contribution in [0.3, 0.4) is 0 Å². The van der Waals surface area contributed by atoms with E-state index in [-0.39, 0.29) is 42.1 Å². The smallest absolute Gasteiger partial charge is 0.193 e. The van der Waals surface area contributed by atoms with Crippen molar-refractivity contribution < 1.29 is 12.8 Å². The summed E-state index contributed by atoms with van der Waals surface area (Å²) in [6.45, 7) is 8.47. The molecule has 0 spiro atoms. The highest BCUT2D eigenvalue weighted by molar-refractivity contribution is 14.0. The molecular formula is C17H29FIN3O2S. The molecule has 1 aromatic carbocycles. The molecule has 0 atom stereocenters. The molecule has 5 nitrogen and oxygen atoms in total. The second kappa shape index (κ2) is 10.3. The number of nitrogens with zero attached hydrogens (tertiary/aromatic N) is 2. The van der Waals surface area contributed by atoms with Crippen LogP contribution in [-0.4, -0.2) is 49.9 Å². The van der Waals surface area contributed by atoms with E-state index in [0.29, 0.717) is 19.0 Å². The van der Waals surface area contributed by atoms with Crippen LogP contribution in [-0.2, 0) is 16.4 Å². The zero-order valence-corrected chi connectivity index (χ0v) is 18.7. The van der Waals surface area contributed by atoms with E-state index < -0.39 is 14.6 Å². The maximum absolute atomic E-state index is 13.0. The van der Waals surface area contributed by atoms with Crippen LogP contribution in [0.1, 0.15) is 33.3 Å². The maximum Gasteiger partial charge on any atom is 0.193 e. The summed E-state index contributed by atoms with van der Waals surface area (Å²) >= 11 is 0. The average molecular weight is 485 g/mol. The van der Waals surface area contributed by atoms with Crippen molar-refractivity contribution in [3.8, 4) is 0 Å². The van der Waals surface area contributed by atoms with Gasteiger partial charge >= 0.3 is 0 Å². The average Bonchev–Trinajstić information content (AvgIpc) is 2.47. The van der Waals surface area contributed by atoms with Gasteiger partial charge in [0.15, 0.2) is 15.8 Å². The molecule has 0 aliphatic heterocycles. The lowest BCUT2D eigenvalue weighted by molar-refractivity contribution is 0.476. The van der Waals surface area contributed by atoms with E-state index in [1.807, 2.05) is 18.9 Å². The SMILES string of the molecule is CCNC(=NCCS(=O)(=O)C(C)(C)C)N(C)Cc1ccc(F)cc1.I. The van der Waals surface area contributed by atoms with E-state index in [1.54, 1.807) is 32.9 Å². The fourth-order valence-electron chi connectivity index (χ4n) is 1.99. The quantitative estimate of drug-likeness (QED) is 0.382. The van der Waals surface area contributed by atoms with Crippen molar-refractivity contribution in [2.24, 2.45) is 4.99 Å². The van der Waals surface area contributed by atoms with Gasteiger partial charge in [0.1, 0.15) is 5.82 Å². The van der Waals surface area contributed by atoms with Crippen molar-refractivity contribution in [3.05, 3.63) is 35.6 Å². The summed E-state index contributed by atoms with van der Waals surface area (Å²) in [4.78, 5) is 6.29. The molecule has 0 aliphatic carbocycles. The highest BCUT2D eigenvalue weighted by Gasteiger charge is 2.28. The lowest BCUT2D eigenvalue weighted by atomic mass is 10.2. The molecule has 0 heterocycles. The minimum Gasteiger partial charge on any atom is -0.357 e. The summed E-state index contributed by atoms with van der Waals surface area (Å²) in [6, 6.07) is 6.28. The number of aliphatic imine (C=N–C) groups is 1. The lowest BCUT2D eigenvalue weighted by Crippen LogP contribution is -2.39. The molecule has 1 aromatic rings. The molecule has 1 rings (SSSR count). The number of hydrogen-bond donors (Lipinski definition) is 1. The Balaban J connectivity index is 0.00000576. The number of benzene rings is 1. The van der Waals surface area contributed by atoms with E-state index in [0.717, 1.165) is 5.56 Å². The standard InChI is InChI=1S/C17H28FN3O2S.HI/c1-6-19-16(20-11-12-24(22,23)17(2,3)4)21(5)13-14-7-9-15(18)10-8-14;/h7-10H,6,11-13H2,1-5H3,(H,19,20);1H. The third kappa shape index (κ3) is 7.89. The van der Waals surface area contributed by atoms with Crippen molar-refractivity contribution in [3.63, 3.8) is 0 Å². The molecule has 8 heteroatoms. The van der Waals surface area contributed by atoms with E-state index in [9.17, 15) is 12.8 Å². The third-order valence-corrected chi connectivity index (χ3v) is 6.17. The Morgan fingerprint density at radius 1 is 1.24 bits per heavy atom. The monoisotopic (exact) mass is 485 g/mol. The number of guanidine groups is 1. The van der Waals surface area contributed by atoms with Crippen molar-refractivity contribution in [2.45, 2.75) is 39.0 Å². The number of sulfone groups is 1. The normalized spacial score (nSPS) is 12.5. The van der Waals surface area contributed by atoms with Crippen LogP contribution in [0.25, 0.3) is 0 Å². The number of halogens is 2. The molecule has 0 radical (unpaired) electrons. The summed E-state index contributed by atoms with van der Waals surface area (Å²) in [6.07, 6.45) is 0. The van der Waals surface area contributed by atoms with Gasteiger partial charge in [-0.1, -0.05) is 12.1 Å². The summed E-state index contributed by atoms with van der Waals surface area (Å²) in [5, 5.41) is 3.15. The second-order valence-electron chi connectivity index (χ2n) is 6.65. The fraction of sp³-hybridized carbons (Fsp3) is 0.588. The fourth-order valence-corrected chi connectivity index (χ4v) is 2.93. The van der Waals surface area contributed by atoms with Crippen molar-refractivity contribution in [2.75, 3.05) is 25.9 Å². The van der Waals surface area contributed by atoms with Gasteiger partial charge < -0.3 is 10.2 Å². The summed E-state index contributed by atoms with van der Waals surface area (Å²) in [7, 11) is -1.33. The number of nitrogens with one attached hydrogen (secondary N) is 1. The van der Waals surface area contributed by atoms with Crippen LogP contribution in [0.5, 0.6) is 0 Å². The molecule has 0 saturated carbocycles. The Bertz CT molecular complexity index is 655. The predicted octanol–water partition coefficient (Wildman–Crippen LogP) is 3.05. The van der Waals surface area contributed by atoms with Crippen molar-refractivity contribution >= 4 is 39.8 Å². The van der Waals surface area contributed by atoms with Crippen LogP contribution in [0.2, 0.25) is 0 Å². The Morgan fingerprint density at radius 2 is 1.80 bits per heavy atom. The number of rotatable bonds is 6. The van der Waals surface area contributed by atoms with Crippen LogP contribution in [0.4, 0.5) is 4.39 Å². The first-order chi connectivity index (χ1) is 11.1. The molecule has 0 unspecified atom stereocenters. The van der Waals surface area contributed by atoms with Crippen molar-refractivity contribution in [1.29, 1.82) is 0 Å². The van der Waals surface area contributed by atoms with Crippen LogP contribution >= 0.6 is 24.0 Å². The van der Waals surface area contributed by atoms with Gasteiger partial charge in [-0.05, 0) is 45.4 Å². The predicted molar refractivity (Wildman–Crippen MR) is 113 cm³/mol. The van der Waals surface area contributed by atoms with Gasteiger partial charge in [0.2, 0.25) is 0 Å². The second-order valence-corrected chi connectivity index (χ2v) is 9.51. The van der Waals surface area contributed by atoms with Gasteiger partial charge in [-0.2, -0.15) is 0 Å². The molecule has 25 heavy (non-hydrogen) atoms. The van der Waals surface area contributed by atoms with Crippen LogP contribution < -0.4 is 5.32 Å². The first kappa shape index (κ1) is 24.1. The van der Waals surface area contributed by atoms with E-state index in [1.165, 1.54) is 12.1 Å². The molecule has 1 N–H and O–H groups in total. The highest BCUT2D eigenvalue weighted by Crippen LogP contribution is 2.15. The maximum atomic E-state index is 13.0. The molecule has 0 bridgehead atoms. The minimum atomic E-state index is -3.19. The molecular weight excluding hydrogens is 456 g/mol. The Kier molecular flexibility index (Phi) is 9.93. The zero-order chi connectivity index (χ0) is 18.4. The summed E-state index contributed by atoms with van der Waals surface area (Å²) in [5.74, 6) is 0.371. The minimum absolute atomic E-state index is 0. The van der Waals surface area contributed by atoms with E-state index in [2.05, 4.69) is 10.3 Å². The third-order valence-electron chi connectivity index (χ3n) is 3.58. The molecule has 144 valence electrons.